The molecule has 7 nitrogen and oxygen atoms in total. The number of alkyl halides is 3. The van der Waals surface area contributed by atoms with Crippen molar-refractivity contribution >= 4 is 37.8 Å². The van der Waals surface area contributed by atoms with E-state index in [1.807, 2.05) is 44.4 Å². The van der Waals surface area contributed by atoms with Gasteiger partial charge in [0, 0.05) is 35.6 Å². The van der Waals surface area contributed by atoms with Crippen LogP contribution >= 0.6 is 0 Å². The predicted octanol–water partition coefficient (Wildman–Crippen LogP) is 6.27. The quantitative estimate of drug-likeness (QED) is 0.210. The number of benzene rings is 3. The van der Waals surface area contributed by atoms with Crippen LogP contribution < -0.4 is 15.4 Å². The molecule has 4 rings (SSSR count). The summed E-state index contributed by atoms with van der Waals surface area (Å²) < 4.78 is 71.3. The summed E-state index contributed by atoms with van der Waals surface area (Å²) in [6, 6.07) is 19.2. The number of nitrogens with zero attached hydrogens (tertiary/aromatic N) is 2. The largest absolute Gasteiger partial charge is 0.492 e. The van der Waals surface area contributed by atoms with Crippen LogP contribution in [0.4, 0.5) is 30.2 Å². The van der Waals surface area contributed by atoms with E-state index in [9.17, 15) is 21.6 Å². The zero-order valence-electron chi connectivity index (χ0n) is 23.8. The molecule has 11 heteroatoms. The van der Waals surface area contributed by atoms with E-state index in [1.165, 1.54) is 16.7 Å². The number of rotatable bonds is 10. The van der Waals surface area contributed by atoms with Gasteiger partial charge in [0.05, 0.1) is 34.9 Å². The summed E-state index contributed by atoms with van der Waals surface area (Å²) in [5.41, 5.74) is 3.79. The number of anilines is 3. The molecule has 0 fully saturated rings. The van der Waals surface area contributed by atoms with Crippen LogP contribution in [0, 0.1) is 11.8 Å². The minimum atomic E-state index is -4.44. The number of hydrogen-bond donors (Lipinski definition) is 2. The SMILES string of the molecule is CCOc1cc(S(C)(=O)=O)ccc1NCC#Cc1cc2c(Nc3ccc(CN(C)C)cc3)cccc2n1CC(F)(F)F. The summed E-state index contributed by atoms with van der Waals surface area (Å²) in [6.45, 7) is 1.81. The molecule has 0 atom stereocenters. The van der Waals surface area contributed by atoms with Crippen LogP contribution in [0.3, 0.4) is 0 Å². The maximum Gasteiger partial charge on any atom is 0.406 e. The van der Waals surface area contributed by atoms with Crippen LogP contribution in [0.25, 0.3) is 10.9 Å². The molecule has 0 radical (unpaired) electrons. The third-order valence-electron chi connectivity index (χ3n) is 6.28. The first kappa shape index (κ1) is 30.8. The Balaban J connectivity index is 1.61. The van der Waals surface area contributed by atoms with Gasteiger partial charge in [-0.15, -0.1) is 0 Å². The lowest BCUT2D eigenvalue weighted by Gasteiger charge is -2.13. The standard InChI is InChI=1S/C31H33F3N4O3S/c1-5-41-30-19-25(42(4,39)40)15-16-28(30)35-17-7-8-24-18-26-27(9-6-10-29(26)38(24)21-31(32,33)34)36-23-13-11-22(12-14-23)20-37(2)3/h6,9-16,18-19,35-36H,5,17,20-21H2,1-4H3. The lowest BCUT2D eigenvalue weighted by atomic mass is 10.1. The molecular formula is C31H33F3N4O3S. The Kier molecular flexibility index (Phi) is 9.39. The van der Waals surface area contributed by atoms with E-state index in [4.69, 9.17) is 4.74 Å². The molecule has 0 aliphatic rings. The molecule has 1 heterocycles. The molecule has 0 aliphatic heterocycles. The predicted molar refractivity (Wildman–Crippen MR) is 161 cm³/mol. The monoisotopic (exact) mass is 598 g/mol. The third kappa shape index (κ3) is 7.99. The fraction of sp³-hybridized carbons (Fsp3) is 0.290. The molecule has 0 spiro atoms. The topological polar surface area (TPSA) is 75.6 Å². The van der Waals surface area contributed by atoms with Crippen molar-refractivity contribution in [3.8, 4) is 17.6 Å². The van der Waals surface area contributed by atoms with E-state index in [0.29, 0.717) is 34.6 Å². The van der Waals surface area contributed by atoms with Gasteiger partial charge in [0.25, 0.3) is 0 Å². The lowest BCUT2D eigenvalue weighted by molar-refractivity contribution is -0.140. The molecule has 0 aliphatic carbocycles. The van der Waals surface area contributed by atoms with Gasteiger partial charge in [-0.1, -0.05) is 24.1 Å². The highest BCUT2D eigenvalue weighted by atomic mass is 32.2. The van der Waals surface area contributed by atoms with Gasteiger partial charge in [-0.25, -0.2) is 8.42 Å². The van der Waals surface area contributed by atoms with Crippen LogP contribution in [0.15, 0.2) is 71.6 Å². The second kappa shape index (κ2) is 12.8. The highest BCUT2D eigenvalue weighted by Gasteiger charge is 2.30. The number of ether oxygens (including phenoxy) is 1. The van der Waals surface area contributed by atoms with E-state index in [2.05, 4.69) is 27.4 Å². The molecule has 0 bridgehead atoms. The van der Waals surface area contributed by atoms with E-state index in [-0.39, 0.29) is 17.1 Å². The van der Waals surface area contributed by atoms with Crippen molar-refractivity contribution < 1.29 is 26.3 Å². The summed E-state index contributed by atoms with van der Waals surface area (Å²) in [5.74, 6) is 6.12. The van der Waals surface area contributed by atoms with Gasteiger partial charge in [-0.3, -0.25) is 0 Å². The van der Waals surface area contributed by atoms with E-state index >= 15 is 0 Å². The molecule has 42 heavy (non-hydrogen) atoms. The molecule has 1 aromatic heterocycles. The first-order valence-corrected chi connectivity index (χ1v) is 15.1. The number of fused-ring (bicyclic) bond motifs is 1. The average Bonchev–Trinajstić information content (AvgIpc) is 3.24. The van der Waals surface area contributed by atoms with Crippen molar-refractivity contribution in [1.29, 1.82) is 0 Å². The molecule has 0 amide bonds. The summed E-state index contributed by atoms with van der Waals surface area (Å²) >= 11 is 0. The maximum absolute atomic E-state index is 13.6. The van der Waals surface area contributed by atoms with Gasteiger partial charge < -0.3 is 24.8 Å². The second-order valence-corrected chi connectivity index (χ2v) is 12.1. The van der Waals surface area contributed by atoms with Gasteiger partial charge in [0.1, 0.15) is 12.3 Å². The molecule has 2 N–H and O–H groups in total. The first-order valence-electron chi connectivity index (χ1n) is 13.2. The first-order chi connectivity index (χ1) is 19.8. The minimum Gasteiger partial charge on any atom is -0.492 e. The Morgan fingerprint density at radius 3 is 2.38 bits per heavy atom. The highest BCUT2D eigenvalue weighted by Crippen LogP contribution is 2.32. The van der Waals surface area contributed by atoms with Crippen LogP contribution in [0.5, 0.6) is 5.75 Å². The summed E-state index contributed by atoms with van der Waals surface area (Å²) in [4.78, 5) is 2.19. The Morgan fingerprint density at radius 2 is 1.74 bits per heavy atom. The van der Waals surface area contributed by atoms with Crippen molar-refractivity contribution in [3.05, 3.63) is 78.0 Å². The summed E-state index contributed by atoms with van der Waals surface area (Å²) in [5, 5.41) is 7.01. The van der Waals surface area contributed by atoms with Crippen molar-refractivity contribution in [2.45, 2.75) is 31.1 Å². The molecule has 0 unspecified atom stereocenters. The van der Waals surface area contributed by atoms with Gasteiger partial charge in [-0.05, 0) is 75.0 Å². The van der Waals surface area contributed by atoms with Crippen LogP contribution in [-0.4, -0.2) is 57.6 Å². The van der Waals surface area contributed by atoms with Crippen molar-refractivity contribution in [2.24, 2.45) is 0 Å². The number of aromatic nitrogens is 1. The molecule has 0 saturated carbocycles. The lowest BCUT2D eigenvalue weighted by Crippen LogP contribution is -2.18. The highest BCUT2D eigenvalue weighted by molar-refractivity contribution is 7.90. The van der Waals surface area contributed by atoms with Crippen LogP contribution in [0.2, 0.25) is 0 Å². The molecular weight excluding hydrogens is 565 g/mol. The Hall–Kier alpha value is -4.14. The van der Waals surface area contributed by atoms with Gasteiger partial charge >= 0.3 is 6.18 Å². The summed E-state index contributed by atoms with van der Waals surface area (Å²) in [6.07, 6.45) is -3.33. The van der Waals surface area contributed by atoms with Crippen molar-refractivity contribution in [2.75, 3.05) is 44.1 Å². The minimum absolute atomic E-state index is 0.0935. The molecule has 3 aromatic carbocycles. The fourth-order valence-electron chi connectivity index (χ4n) is 4.49. The van der Waals surface area contributed by atoms with Gasteiger partial charge in [0.15, 0.2) is 9.84 Å². The van der Waals surface area contributed by atoms with Crippen molar-refractivity contribution in [1.82, 2.24) is 9.47 Å². The molecule has 4 aromatic rings. The Morgan fingerprint density at radius 1 is 1.00 bits per heavy atom. The van der Waals surface area contributed by atoms with Gasteiger partial charge in [0.2, 0.25) is 0 Å². The Bertz CT molecular complexity index is 1720. The zero-order valence-corrected chi connectivity index (χ0v) is 24.7. The number of hydrogen-bond acceptors (Lipinski definition) is 6. The smallest absolute Gasteiger partial charge is 0.406 e. The number of nitrogens with one attached hydrogen (secondary N) is 2. The average molecular weight is 599 g/mol. The van der Waals surface area contributed by atoms with E-state index in [1.54, 1.807) is 31.2 Å². The van der Waals surface area contributed by atoms with Crippen LogP contribution in [-0.2, 0) is 22.9 Å². The number of sulfone groups is 1. The fourth-order valence-corrected chi connectivity index (χ4v) is 5.13. The maximum atomic E-state index is 13.6. The zero-order chi connectivity index (χ0) is 30.5. The Labute approximate surface area is 244 Å². The van der Waals surface area contributed by atoms with Crippen molar-refractivity contribution in [3.63, 3.8) is 0 Å². The number of halogens is 3. The molecule has 222 valence electrons. The van der Waals surface area contributed by atoms with Crippen LogP contribution in [0.1, 0.15) is 18.2 Å². The van der Waals surface area contributed by atoms with E-state index in [0.717, 1.165) is 24.1 Å². The normalized spacial score (nSPS) is 11.8. The second-order valence-electron chi connectivity index (χ2n) is 10.0. The molecule has 0 saturated heterocycles. The third-order valence-corrected chi connectivity index (χ3v) is 7.39. The van der Waals surface area contributed by atoms with Gasteiger partial charge in [-0.2, -0.15) is 13.2 Å². The summed E-state index contributed by atoms with van der Waals surface area (Å²) in [7, 11) is 0.561. The van der Waals surface area contributed by atoms with E-state index < -0.39 is 22.6 Å².